The molecule has 0 radical (unpaired) electrons. The molecule has 8 heteroatoms. The zero-order valence-corrected chi connectivity index (χ0v) is 18.1. The van der Waals surface area contributed by atoms with Crippen LogP contribution >= 0.6 is 11.6 Å². The number of carbonyl (C=O) groups excluding carboxylic acids is 1. The number of benzene rings is 2. The van der Waals surface area contributed by atoms with Crippen molar-refractivity contribution in [3.63, 3.8) is 0 Å². The molecule has 0 bridgehead atoms. The Labute approximate surface area is 175 Å². The first-order valence-electron chi connectivity index (χ1n) is 8.99. The molecule has 152 valence electrons. The summed E-state index contributed by atoms with van der Waals surface area (Å²) >= 11 is 6.01. The number of fused-ring (bicyclic) bond motifs is 1. The number of nitrogens with one attached hydrogen (secondary N) is 2. The van der Waals surface area contributed by atoms with Gasteiger partial charge in [0.2, 0.25) is 10.0 Å². The van der Waals surface area contributed by atoms with Crippen molar-refractivity contribution >= 4 is 44.1 Å². The normalized spacial score (nSPS) is 12.6. The zero-order valence-electron chi connectivity index (χ0n) is 16.6. The molecule has 0 aliphatic rings. The van der Waals surface area contributed by atoms with Crippen LogP contribution in [0.25, 0.3) is 10.9 Å². The first kappa shape index (κ1) is 21.1. The maximum atomic E-state index is 12.8. The van der Waals surface area contributed by atoms with E-state index in [9.17, 15) is 13.2 Å². The van der Waals surface area contributed by atoms with Gasteiger partial charge in [0.1, 0.15) is 0 Å². The van der Waals surface area contributed by atoms with Gasteiger partial charge in [-0.2, -0.15) is 0 Å². The highest BCUT2D eigenvalue weighted by atomic mass is 35.5. The fraction of sp³-hybridized carbons (Fsp3) is 0.238. The molecule has 0 spiro atoms. The van der Waals surface area contributed by atoms with E-state index in [-0.39, 0.29) is 11.9 Å². The summed E-state index contributed by atoms with van der Waals surface area (Å²) in [5.74, 6) is -0.227. The van der Waals surface area contributed by atoms with E-state index in [2.05, 4.69) is 15.0 Å². The monoisotopic (exact) mass is 431 g/mol. The number of sulfonamides is 1. The zero-order chi connectivity index (χ0) is 21.3. The molecule has 2 N–H and O–H groups in total. The first-order chi connectivity index (χ1) is 13.5. The van der Waals surface area contributed by atoms with Crippen molar-refractivity contribution in [2.24, 2.45) is 0 Å². The van der Waals surface area contributed by atoms with E-state index in [4.69, 9.17) is 11.6 Å². The maximum Gasteiger partial charge on any atom is 0.253 e. The van der Waals surface area contributed by atoms with E-state index < -0.39 is 10.0 Å². The molecule has 2 aromatic carbocycles. The number of pyridine rings is 1. The number of nitrogens with zero attached hydrogens (tertiary/aromatic N) is 1. The van der Waals surface area contributed by atoms with Crippen molar-refractivity contribution in [2.45, 2.75) is 26.8 Å². The number of hydrogen-bond donors (Lipinski definition) is 2. The second-order valence-corrected chi connectivity index (χ2v) is 9.29. The van der Waals surface area contributed by atoms with Gasteiger partial charge in [-0.05, 0) is 56.2 Å². The summed E-state index contributed by atoms with van der Waals surface area (Å²) in [7, 11) is -3.35. The topological polar surface area (TPSA) is 88.2 Å². The number of aryl methyl sites for hydroxylation is 2. The fourth-order valence-corrected chi connectivity index (χ4v) is 3.89. The van der Waals surface area contributed by atoms with Crippen molar-refractivity contribution in [1.82, 2.24) is 10.3 Å². The minimum absolute atomic E-state index is 0.227. The molecule has 1 heterocycles. The van der Waals surface area contributed by atoms with Crippen molar-refractivity contribution < 1.29 is 13.2 Å². The lowest BCUT2D eigenvalue weighted by atomic mass is 10.0. The average molecular weight is 432 g/mol. The van der Waals surface area contributed by atoms with Crippen LogP contribution in [0.15, 0.2) is 42.5 Å². The predicted octanol–water partition coefficient (Wildman–Crippen LogP) is 4.37. The third-order valence-corrected chi connectivity index (χ3v) is 5.43. The average Bonchev–Trinajstić information content (AvgIpc) is 2.61. The fourth-order valence-electron chi connectivity index (χ4n) is 3.09. The van der Waals surface area contributed by atoms with Gasteiger partial charge in [-0.1, -0.05) is 29.8 Å². The summed E-state index contributed by atoms with van der Waals surface area (Å²) < 4.78 is 25.4. The first-order valence-corrected chi connectivity index (χ1v) is 11.3. The molecule has 0 fully saturated rings. The van der Waals surface area contributed by atoms with Gasteiger partial charge >= 0.3 is 0 Å². The standard InChI is InChI=1S/C21H22ClN3O3S/c1-12-9-15(6-8-19(12)25-29(4,27)28)13(2)24-21(26)18-10-16-5-7-17(22)11-20(16)23-14(18)3/h5-11,13,25H,1-4H3,(H,24,26)/t13-/m1/s1. The summed E-state index contributed by atoms with van der Waals surface area (Å²) in [4.78, 5) is 17.3. The smallest absolute Gasteiger partial charge is 0.253 e. The molecule has 29 heavy (non-hydrogen) atoms. The molecule has 3 aromatic rings. The lowest BCUT2D eigenvalue weighted by Gasteiger charge is -2.17. The van der Waals surface area contributed by atoms with Gasteiger partial charge in [-0.15, -0.1) is 0 Å². The third-order valence-electron chi connectivity index (χ3n) is 4.61. The number of amides is 1. The number of halogens is 1. The van der Waals surface area contributed by atoms with Crippen LogP contribution in [0.2, 0.25) is 5.02 Å². The van der Waals surface area contributed by atoms with Gasteiger partial charge in [-0.25, -0.2) is 8.42 Å². The molecule has 1 aromatic heterocycles. The molecule has 0 saturated carbocycles. The van der Waals surface area contributed by atoms with Crippen LogP contribution in [0.1, 0.15) is 40.1 Å². The molecule has 6 nitrogen and oxygen atoms in total. The Balaban J connectivity index is 1.82. The SMILES string of the molecule is Cc1cc([C@@H](C)NC(=O)c2cc3ccc(Cl)cc3nc2C)ccc1NS(C)(=O)=O. The van der Waals surface area contributed by atoms with Crippen molar-refractivity contribution in [3.05, 3.63) is 69.9 Å². The Morgan fingerprint density at radius 1 is 1.10 bits per heavy atom. The second-order valence-electron chi connectivity index (χ2n) is 7.10. The summed E-state index contributed by atoms with van der Waals surface area (Å²) in [6.07, 6.45) is 1.11. The molecule has 0 saturated heterocycles. The van der Waals surface area contributed by atoms with E-state index in [1.807, 2.05) is 26.0 Å². The number of anilines is 1. The minimum atomic E-state index is -3.35. The van der Waals surface area contributed by atoms with Gasteiger partial charge in [0.25, 0.3) is 5.91 Å². The molecule has 0 aliphatic carbocycles. The van der Waals surface area contributed by atoms with Crippen LogP contribution in [0.5, 0.6) is 0 Å². The lowest BCUT2D eigenvalue weighted by molar-refractivity contribution is 0.0939. The molecular weight excluding hydrogens is 410 g/mol. The van der Waals surface area contributed by atoms with Crippen molar-refractivity contribution in [3.8, 4) is 0 Å². The molecule has 1 atom stereocenters. The van der Waals surface area contributed by atoms with Gasteiger partial charge in [0.15, 0.2) is 0 Å². The molecule has 0 aliphatic heterocycles. The Morgan fingerprint density at radius 3 is 2.48 bits per heavy atom. The second kappa shape index (κ2) is 8.00. The van der Waals surface area contributed by atoms with Crippen molar-refractivity contribution in [2.75, 3.05) is 11.0 Å². The third kappa shape index (κ3) is 5.05. The van der Waals surface area contributed by atoms with Gasteiger partial charge < -0.3 is 5.32 Å². The summed E-state index contributed by atoms with van der Waals surface area (Å²) in [5.41, 5.74) is 4.02. The molecular formula is C21H22ClN3O3S. The van der Waals surface area contributed by atoms with Crippen LogP contribution in [0.3, 0.4) is 0 Å². The molecule has 1 amide bonds. The Bertz CT molecular complexity index is 1210. The van der Waals surface area contributed by atoms with Gasteiger partial charge in [0.05, 0.1) is 34.8 Å². The van der Waals surface area contributed by atoms with E-state index in [0.717, 1.165) is 28.3 Å². The predicted molar refractivity (Wildman–Crippen MR) is 117 cm³/mol. The summed E-state index contributed by atoms with van der Waals surface area (Å²) in [6.45, 7) is 5.48. The summed E-state index contributed by atoms with van der Waals surface area (Å²) in [5, 5.41) is 4.42. The van der Waals surface area contributed by atoms with Crippen LogP contribution in [-0.4, -0.2) is 25.6 Å². The van der Waals surface area contributed by atoms with E-state index in [1.54, 1.807) is 37.3 Å². The highest BCUT2D eigenvalue weighted by Gasteiger charge is 2.16. The highest BCUT2D eigenvalue weighted by molar-refractivity contribution is 7.92. The highest BCUT2D eigenvalue weighted by Crippen LogP contribution is 2.24. The Kier molecular flexibility index (Phi) is 5.82. The van der Waals surface area contributed by atoms with Crippen LogP contribution in [0.4, 0.5) is 5.69 Å². The number of aromatic nitrogens is 1. The molecule has 3 rings (SSSR count). The van der Waals surface area contributed by atoms with Crippen molar-refractivity contribution in [1.29, 1.82) is 0 Å². The van der Waals surface area contributed by atoms with E-state index >= 15 is 0 Å². The Morgan fingerprint density at radius 2 is 1.83 bits per heavy atom. The van der Waals surface area contributed by atoms with Crippen LogP contribution in [-0.2, 0) is 10.0 Å². The minimum Gasteiger partial charge on any atom is -0.345 e. The quantitative estimate of drug-likeness (QED) is 0.627. The van der Waals surface area contributed by atoms with E-state index in [1.165, 1.54) is 0 Å². The number of rotatable bonds is 5. The van der Waals surface area contributed by atoms with Gasteiger partial charge in [0, 0.05) is 10.4 Å². The molecule has 0 unspecified atom stereocenters. The lowest BCUT2D eigenvalue weighted by Crippen LogP contribution is -2.27. The largest absolute Gasteiger partial charge is 0.345 e. The van der Waals surface area contributed by atoms with E-state index in [0.29, 0.717) is 22.0 Å². The maximum absolute atomic E-state index is 12.8. The van der Waals surface area contributed by atoms with Crippen LogP contribution < -0.4 is 10.0 Å². The van der Waals surface area contributed by atoms with Gasteiger partial charge in [-0.3, -0.25) is 14.5 Å². The number of carbonyl (C=O) groups is 1. The number of hydrogen-bond acceptors (Lipinski definition) is 4. The van der Waals surface area contributed by atoms with Crippen LogP contribution in [0, 0.1) is 13.8 Å². The summed E-state index contributed by atoms with van der Waals surface area (Å²) in [6, 6.07) is 12.2. The Hall–Kier alpha value is -2.64.